The molecule has 92 valence electrons. The summed E-state index contributed by atoms with van der Waals surface area (Å²) in [5.74, 6) is 0.206. The maximum Gasteiger partial charge on any atom is 0.0651 e. The average molecular weight is 222 g/mol. The minimum Gasteiger partial charge on any atom is -0.390 e. The van der Waals surface area contributed by atoms with Gasteiger partial charge in [0.1, 0.15) is 0 Å². The van der Waals surface area contributed by atoms with E-state index in [2.05, 4.69) is 30.9 Å². The quantitative estimate of drug-likeness (QED) is 0.481. The third kappa shape index (κ3) is 8.49. The molecule has 0 spiro atoms. The van der Waals surface area contributed by atoms with E-state index >= 15 is 0 Å². The van der Waals surface area contributed by atoms with Crippen molar-refractivity contribution in [3.63, 3.8) is 0 Å². The second-order valence-electron chi connectivity index (χ2n) is 4.79. The van der Waals surface area contributed by atoms with Crippen molar-refractivity contribution in [2.75, 3.05) is 0 Å². The average Bonchev–Trinajstić information content (AvgIpc) is 2.20. The van der Waals surface area contributed by atoms with Crippen molar-refractivity contribution in [1.82, 2.24) is 0 Å². The van der Waals surface area contributed by atoms with Gasteiger partial charge in [0.15, 0.2) is 0 Å². The number of hydrogen-bond acceptors (Lipinski definition) is 1. The van der Waals surface area contributed by atoms with Crippen molar-refractivity contribution >= 4 is 0 Å². The van der Waals surface area contributed by atoms with E-state index in [1.54, 1.807) is 0 Å². The number of unbranched alkanes of at least 4 members (excludes halogenated alkanes) is 2. The summed E-state index contributed by atoms with van der Waals surface area (Å²) in [5.41, 5.74) is -0.615. The Morgan fingerprint density at radius 1 is 1.06 bits per heavy atom. The van der Waals surface area contributed by atoms with Crippen LogP contribution in [-0.4, -0.2) is 10.7 Å². The van der Waals surface area contributed by atoms with Crippen LogP contribution in [0.1, 0.15) is 46.5 Å². The highest BCUT2D eigenvalue weighted by Gasteiger charge is 2.18. The molecule has 0 heterocycles. The Morgan fingerprint density at radius 3 is 2.06 bits per heavy atom. The zero-order valence-electron chi connectivity index (χ0n) is 10.9. The van der Waals surface area contributed by atoms with Crippen LogP contribution in [0.2, 0.25) is 0 Å². The summed E-state index contributed by atoms with van der Waals surface area (Å²) in [4.78, 5) is 0. The van der Waals surface area contributed by atoms with Crippen LogP contribution in [0.5, 0.6) is 0 Å². The van der Waals surface area contributed by atoms with E-state index < -0.39 is 5.60 Å². The van der Waals surface area contributed by atoms with Crippen LogP contribution >= 0.6 is 0 Å². The predicted octanol–water partition coefficient (Wildman–Crippen LogP) is 4.25. The fraction of sp³-hybridized carbons (Fsp3) is 0.600. The summed E-state index contributed by atoms with van der Waals surface area (Å²) in [6, 6.07) is 0. The summed E-state index contributed by atoms with van der Waals surface area (Å²) in [6.45, 7) is 9.41. The van der Waals surface area contributed by atoms with E-state index in [-0.39, 0.29) is 5.92 Å². The van der Waals surface area contributed by atoms with Crippen molar-refractivity contribution in [1.29, 1.82) is 0 Å². The maximum atomic E-state index is 9.71. The third-order valence-corrected chi connectivity index (χ3v) is 2.74. The first-order chi connectivity index (χ1) is 7.48. The molecule has 0 rings (SSSR count). The highest BCUT2D eigenvalue weighted by Crippen LogP contribution is 2.17. The highest BCUT2D eigenvalue weighted by atomic mass is 16.3. The van der Waals surface area contributed by atoms with Gasteiger partial charge in [-0.3, -0.25) is 0 Å². The molecule has 0 saturated carbocycles. The lowest BCUT2D eigenvalue weighted by atomic mass is 9.92. The van der Waals surface area contributed by atoms with Gasteiger partial charge in [0.05, 0.1) is 5.60 Å². The maximum absolute atomic E-state index is 9.71. The van der Waals surface area contributed by atoms with Gasteiger partial charge >= 0.3 is 0 Å². The zero-order chi connectivity index (χ0) is 12.4. The van der Waals surface area contributed by atoms with Crippen LogP contribution in [0.25, 0.3) is 0 Å². The lowest BCUT2D eigenvalue weighted by Gasteiger charge is -2.22. The van der Waals surface area contributed by atoms with Crippen molar-refractivity contribution < 1.29 is 5.11 Å². The first-order valence-electron chi connectivity index (χ1n) is 6.13. The smallest absolute Gasteiger partial charge is 0.0651 e. The zero-order valence-corrected chi connectivity index (χ0v) is 10.9. The van der Waals surface area contributed by atoms with E-state index in [4.69, 9.17) is 0 Å². The van der Waals surface area contributed by atoms with E-state index in [0.717, 1.165) is 25.7 Å². The van der Waals surface area contributed by atoms with Gasteiger partial charge in [0, 0.05) is 5.92 Å². The van der Waals surface area contributed by atoms with Gasteiger partial charge in [0.2, 0.25) is 0 Å². The van der Waals surface area contributed by atoms with Crippen LogP contribution in [0.15, 0.2) is 37.0 Å². The largest absolute Gasteiger partial charge is 0.390 e. The summed E-state index contributed by atoms with van der Waals surface area (Å²) >= 11 is 0. The molecule has 0 bridgehead atoms. The monoisotopic (exact) mass is 222 g/mol. The minimum atomic E-state index is -0.615. The Kier molecular flexibility index (Phi) is 7.92. The molecule has 0 aliphatic carbocycles. The second-order valence-corrected chi connectivity index (χ2v) is 4.79. The molecule has 0 saturated heterocycles. The van der Waals surface area contributed by atoms with Crippen LogP contribution < -0.4 is 0 Å². The molecule has 0 fully saturated rings. The van der Waals surface area contributed by atoms with Crippen LogP contribution in [0.4, 0.5) is 0 Å². The Morgan fingerprint density at radius 2 is 1.56 bits per heavy atom. The molecule has 1 N–H and O–H groups in total. The Balaban J connectivity index is 3.62. The molecule has 1 unspecified atom stereocenters. The predicted molar refractivity (Wildman–Crippen MR) is 72.4 cm³/mol. The number of rotatable bonds is 8. The lowest BCUT2D eigenvalue weighted by Crippen LogP contribution is -2.26. The fourth-order valence-electron chi connectivity index (χ4n) is 1.18. The topological polar surface area (TPSA) is 20.2 Å². The van der Waals surface area contributed by atoms with E-state index in [9.17, 15) is 5.11 Å². The fourth-order valence-corrected chi connectivity index (χ4v) is 1.18. The summed E-state index contributed by atoms with van der Waals surface area (Å²) in [6.07, 6.45) is 14.9. The SMILES string of the molecule is C=CCCC=CCCC=CC(C)C(C)(C)O. The molecule has 1 heteroatoms. The van der Waals surface area contributed by atoms with E-state index in [0.29, 0.717) is 0 Å². The molecule has 0 aromatic rings. The highest BCUT2D eigenvalue weighted by molar-refractivity contribution is 4.95. The van der Waals surface area contributed by atoms with Gasteiger partial charge < -0.3 is 5.11 Å². The first-order valence-corrected chi connectivity index (χ1v) is 6.13. The van der Waals surface area contributed by atoms with Crippen molar-refractivity contribution in [3.05, 3.63) is 37.0 Å². The van der Waals surface area contributed by atoms with Crippen LogP contribution in [0, 0.1) is 5.92 Å². The van der Waals surface area contributed by atoms with E-state index in [1.807, 2.05) is 26.8 Å². The number of allylic oxidation sites excluding steroid dienone is 4. The molecule has 1 nitrogen and oxygen atoms in total. The van der Waals surface area contributed by atoms with Gasteiger partial charge in [0.25, 0.3) is 0 Å². The molecule has 0 aromatic carbocycles. The molecular weight excluding hydrogens is 196 g/mol. The van der Waals surface area contributed by atoms with Gasteiger partial charge in [-0.25, -0.2) is 0 Å². The first kappa shape index (κ1) is 15.2. The van der Waals surface area contributed by atoms with Gasteiger partial charge in [-0.2, -0.15) is 0 Å². The lowest BCUT2D eigenvalue weighted by molar-refractivity contribution is 0.0440. The van der Waals surface area contributed by atoms with Crippen LogP contribution in [0.3, 0.4) is 0 Å². The third-order valence-electron chi connectivity index (χ3n) is 2.74. The van der Waals surface area contributed by atoms with E-state index in [1.165, 1.54) is 0 Å². The molecular formula is C15H26O. The second kappa shape index (κ2) is 8.35. The molecule has 0 aliphatic rings. The van der Waals surface area contributed by atoms with Crippen molar-refractivity contribution in [2.24, 2.45) is 5.92 Å². The number of aliphatic hydroxyl groups is 1. The summed E-state index contributed by atoms with van der Waals surface area (Å²) < 4.78 is 0. The standard InChI is InChI=1S/C15H26O/c1-5-6-7-8-9-10-11-12-13-14(2)15(3,4)16/h5,8-9,12-14,16H,1,6-7,10-11H2,2-4H3. The molecule has 16 heavy (non-hydrogen) atoms. The molecule has 0 aliphatic heterocycles. The van der Waals surface area contributed by atoms with Crippen molar-refractivity contribution in [2.45, 2.75) is 52.1 Å². The van der Waals surface area contributed by atoms with Crippen LogP contribution in [-0.2, 0) is 0 Å². The van der Waals surface area contributed by atoms with Gasteiger partial charge in [-0.1, -0.05) is 37.3 Å². The molecule has 1 atom stereocenters. The molecule has 0 amide bonds. The van der Waals surface area contributed by atoms with Gasteiger partial charge in [-0.15, -0.1) is 6.58 Å². The Labute approximate surface area is 101 Å². The minimum absolute atomic E-state index is 0.206. The van der Waals surface area contributed by atoms with Crippen molar-refractivity contribution in [3.8, 4) is 0 Å². The van der Waals surface area contributed by atoms with Gasteiger partial charge in [-0.05, 0) is 39.5 Å². The molecule has 0 aromatic heterocycles. The molecule has 0 radical (unpaired) electrons. The summed E-state index contributed by atoms with van der Waals surface area (Å²) in [5, 5.41) is 9.71. The summed E-state index contributed by atoms with van der Waals surface area (Å²) in [7, 11) is 0. The Hall–Kier alpha value is -0.820. The normalized spacial score (nSPS) is 14.8. The number of hydrogen-bond donors (Lipinski definition) is 1. The Bertz CT molecular complexity index is 230.